The summed E-state index contributed by atoms with van der Waals surface area (Å²) in [5, 5.41) is 0. The molecule has 1 heterocycles. The van der Waals surface area contributed by atoms with E-state index in [9.17, 15) is 9.59 Å². The molecule has 0 unspecified atom stereocenters. The van der Waals surface area contributed by atoms with Gasteiger partial charge in [0.25, 0.3) is 0 Å². The van der Waals surface area contributed by atoms with Gasteiger partial charge < -0.3 is 4.42 Å². The first kappa shape index (κ1) is 16.0. The largest absolute Gasteiger partial charge is 0.426 e. The highest BCUT2D eigenvalue weighted by atomic mass is 16.4. The van der Waals surface area contributed by atoms with Crippen molar-refractivity contribution in [3.05, 3.63) is 34.8 Å². The SMILES string of the molecule is CCCC1CCC(CCC(=O)n2c(=O)oc3ccccc32)CC1. The maximum atomic E-state index is 12.5. The number of hydrogen-bond acceptors (Lipinski definition) is 3. The minimum absolute atomic E-state index is 0.143. The summed E-state index contributed by atoms with van der Waals surface area (Å²) >= 11 is 0. The maximum Gasteiger partial charge on any atom is 0.426 e. The van der Waals surface area contributed by atoms with Crippen LogP contribution in [0.1, 0.15) is 63.1 Å². The number of fused-ring (bicyclic) bond motifs is 1. The number of aromatic nitrogens is 1. The zero-order valence-electron chi connectivity index (χ0n) is 13.8. The lowest BCUT2D eigenvalue weighted by atomic mass is 9.78. The zero-order chi connectivity index (χ0) is 16.2. The van der Waals surface area contributed by atoms with Gasteiger partial charge in [-0.1, -0.05) is 57.6 Å². The van der Waals surface area contributed by atoms with Crippen LogP contribution in [0.2, 0.25) is 0 Å². The van der Waals surface area contributed by atoms with Crippen molar-refractivity contribution in [2.75, 3.05) is 0 Å². The van der Waals surface area contributed by atoms with E-state index in [0.717, 1.165) is 12.3 Å². The van der Waals surface area contributed by atoms with Gasteiger partial charge in [0.05, 0.1) is 5.52 Å². The highest BCUT2D eigenvalue weighted by molar-refractivity contribution is 5.88. The first-order chi connectivity index (χ1) is 11.2. The van der Waals surface area contributed by atoms with Crippen molar-refractivity contribution < 1.29 is 9.21 Å². The molecule has 0 spiro atoms. The van der Waals surface area contributed by atoms with E-state index in [1.54, 1.807) is 18.2 Å². The Morgan fingerprint density at radius 1 is 1.13 bits per heavy atom. The average Bonchev–Trinajstić information content (AvgIpc) is 2.90. The fourth-order valence-corrected chi connectivity index (χ4v) is 3.86. The summed E-state index contributed by atoms with van der Waals surface area (Å²) in [6.45, 7) is 2.25. The number of benzene rings is 1. The Bertz CT molecular complexity index is 720. The molecule has 23 heavy (non-hydrogen) atoms. The number of nitrogens with zero attached hydrogens (tertiary/aromatic N) is 1. The monoisotopic (exact) mass is 315 g/mol. The summed E-state index contributed by atoms with van der Waals surface area (Å²) in [5.74, 6) is 0.798. The smallest absolute Gasteiger partial charge is 0.407 e. The molecule has 0 amide bonds. The molecular weight excluding hydrogens is 290 g/mol. The Hall–Kier alpha value is -1.84. The number of hydrogen-bond donors (Lipinski definition) is 0. The molecule has 3 rings (SSSR count). The zero-order valence-corrected chi connectivity index (χ0v) is 13.8. The molecule has 1 aromatic carbocycles. The van der Waals surface area contributed by atoms with E-state index in [4.69, 9.17) is 4.42 Å². The van der Waals surface area contributed by atoms with Crippen LogP contribution >= 0.6 is 0 Å². The van der Waals surface area contributed by atoms with Gasteiger partial charge in [0.2, 0.25) is 5.91 Å². The van der Waals surface area contributed by atoms with Crippen molar-refractivity contribution in [3.8, 4) is 0 Å². The van der Waals surface area contributed by atoms with E-state index in [1.165, 1.54) is 43.1 Å². The number of rotatable bonds is 5. The van der Waals surface area contributed by atoms with E-state index in [0.29, 0.717) is 23.4 Å². The fourth-order valence-electron chi connectivity index (χ4n) is 3.86. The van der Waals surface area contributed by atoms with Crippen LogP contribution < -0.4 is 5.76 Å². The van der Waals surface area contributed by atoms with Gasteiger partial charge in [0, 0.05) is 6.42 Å². The predicted octanol–water partition coefficient (Wildman–Crippen LogP) is 4.62. The van der Waals surface area contributed by atoms with Crippen LogP contribution in [0, 0.1) is 11.8 Å². The molecule has 0 N–H and O–H groups in total. The molecule has 4 heteroatoms. The van der Waals surface area contributed by atoms with Crippen LogP contribution in [0.25, 0.3) is 11.1 Å². The molecule has 1 aliphatic carbocycles. The molecule has 0 atom stereocenters. The quantitative estimate of drug-likeness (QED) is 0.809. The Kier molecular flexibility index (Phi) is 4.99. The highest BCUT2D eigenvalue weighted by Gasteiger charge is 2.22. The molecule has 1 saturated carbocycles. The molecule has 1 fully saturated rings. The van der Waals surface area contributed by atoms with Crippen molar-refractivity contribution in [2.45, 2.75) is 58.3 Å². The first-order valence-electron chi connectivity index (χ1n) is 8.82. The van der Waals surface area contributed by atoms with E-state index in [2.05, 4.69) is 6.92 Å². The van der Waals surface area contributed by atoms with Crippen LogP contribution in [-0.4, -0.2) is 10.5 Å². The van der Waals surface area contributed by atoms with E-state index in [-0.39, 0.29) is 5.91 Å². The Balaban J connectivity index is 1.59. The predicted molar refractivity (Wildman–Crippen MR) is 90.7 cm³/mol. The number of carbonyl (C=O) groups excluding carboxylic acids is 1. The fraction of sp³-hybridized carbons (Fsp3) is 0.579. The molecule has 1 aliphatic rings. The van der Waals surface area contributed by atoms with Gasteiger partial charge in [-0.15, -0.1) is 0 Å². The normalized spacial score (nSPS) is 21.6. The van der Waals surface area contributed by atoms with Crippen molar-refractivity contribution >= 4 is 17.0 Å². The molecular formula is C19H25NO3. The van der Waals surface area contributed by atoms with Crippen LogP contribution in [0.15, 0.2) is 33.5 Å². The second-order valence-corrected chi connectivity index (χ2v) is 6.78. The van der Waals surface area contributed by atoms with Gasteiger partial charge in [-0.05, 0) is 30.4 Å². The minimum atomic E-state index is -0.567. The average molecular weight is 315 g/mol. The number of oxazole rings is 1. The van der Waals surface area contributed by atoms with Crippen LogP contribution in [0.5, 0.6) is 0 Å². The molecule has 1 aromatic heterocycles. The number of para-hydroxylation sites is 2. The third-order valence-electron chi connectivity index (χ3n) is 5.17. The van der Waals surface area contributed by atoms with Crippen molar-refractivity contribution in [1.29, 1.82) is 0 Å². The first-order valence-corrected chi connectivity index (χ1v) is 8.82. The summed E-state index contributed by atoms with van der Waals surface area (Å²) in [7, 11) is 0. The Morgan fingerprint density at radius 2 is 1.78 bits per heavy atom. The molecule has 4 nitrogen and oxygen atoms in total. The van der Waals surface area contributed by atoms with Gasteiger partial charge in [-0.3, -0.25) is 4.79 Å². The Morgan fingerprint density at radius 3 is 2.48 bits per heavy atom. The van der Waals surface area contributed by atoms with Crippen LogP contribution in [0.4, 0.5) is 0 Å². The maximum absolute atomic E-state index is 12.5. The second kappa shape index (κ2) is 7.16. The molecule has 124 valence electrons. The van der Waals surface area contributed by atoms with Crippen molar-refractivity contribution in [2.24, 2.45) is 11.8 Å². The van der Waals surface area contributed by atoms with Gasteiger partial charge >= 0.3 is 5.76 Å². The Labute approximate surface area is 136 Å². The molecule has 0 radical (unpaired) electrons. The summed E-state index contributed by atoms with van der Waals surface area (Å²) in [6, 6.07) is 7.09. The highest BCUT2D eigenvalue weighted by Crippen LogP contribution is 2.33. The molecule has 2 aromatic rings. The summed E-state index contributed by atoms with van der Waals surface area (Å²) < 4.78 is 6.33. The van der Waals surface area contributed by atoms with E-state index < -0.39 is 5.76 Å². The third-order valence-corrected chi connectivity index (χ3v) is 5.17. The van der Waals surface area contributed by atoms with Gasteiger partial charge in [0.1, 0.15) is 0 Å². The summed E-state index contributed by atoms with van der Waals surface area (Å²) in [6.07, 6.45) is 8.93. The topological polar surface area (TPSA) is 52.2 Å². The van der Waals surface area contributed by atoms with Crippen LogP contribution in [0.3, 0.4) is 0 Å². The lowest BCUT2D eigenvalue weighted by molar-refractivity contribution is 0.0883. The standard InChI is InChI=1S/C19H25NO3/c1-2-5-14-8-10-15(11-9-14)12-13-18(21)20-16-6-3-4-7-17(16)23-19(20)22/h3-4,6-7,14-15H,2,5,8-13H2,1H3. The van der Waals surface area contributed by atoms with Crippen molar-refractivity contribution in [1.82, 2.24) is 4.57 Å². The molecule has 0 bridgehead atoms. The van der Waals surface area contributed by atoms with Crippen molar-refractivity contribution in [3.63, 3.8) is 0 Å². The lowest BCUT2D eigenvalue weighted by Gasteiger charge is -2.28. The van der Waals surface area contributed by atoms with E-state index in [1.807, 2.05) is 6.07 Å². The molecule has 0 aliphatic heterocycles. The van der Waals surface area contributed by atoms with E-state index >= 15 is 0 Å². The summed E-state index contributed by atoms with van der Waals surface area (Å²) in [5.41, 5.74) is 1.06. The third kappa shape index (κ3) is 3.57. The number of carbonyl (C=O) groups is 1. The second-order valence-electron chi connectivity index (χ2n) is 6.78. The van der Waals surface area contributed by atoms with Gasteiger partial charge in [-0.25, -0.2) is 9.36 Å². The lowest BCUT2D eigenvalue weighted by Crippen LogP contribution is -2.23. The minimum Gasteiger partial charge on any atom is -0.407 e. The van der Waals surface area contributed by atoms with Gasteiger partial charge in [0.15, 0.2) is 5.58 Å². The summed E-state index contributed by atoms with van der Waals surface area (Å²) in [4.78, 5) is 24.4. The molecule has 0 saturated heterocycles. The van der Waals surface area contributed by atoms with Crippen LogP contribution in [-0.2, 0) is 0 Å². The van der Waals surface area contributed by atoms with Gasteiger partial charge in [-0.2, -0.15) is 0 Å².